The summed E-state index contributed by atoms with van der Waals surface area (Å²) in [5.41, 5.74) is 5.58. The van der Waals surface area contributed by atoms with E-state index in [-0.39, 0.29) is 0 Å². The average Bonchev–Trinajstić information content (AvgIpc) is 2.49. The first-order valence-corrected chi connectivity index (χ1v) is 5.74. The topological polar surface area (TPSA) is 76.7 Å². The van der Waals surface area contributed by atoms with Gasteiger partial charge in [0.05, 0.1) is 0 Å². The number of aromatic nitrogens is 3. The van der Waals surface area contributed by atoms with Crippen molar-refractivity contribution in [2.75, 3.05) is 11.1 Å². The number of nitrogens with zero attached hydrogens (tertiary/aromatic N) is 3. The minimum Gasteiger partial charge on any atom is -0.383 e. The molecule has 0 bridgehead atoms. The molecule has 0 radical (unpaired) electrons. The lowest BCUT2D eigenvalue weighted by atomic mass is 10.6. The zero-order valence-electron chi connectivity index (χ0n) is 7.86. The number of anilines is 3. The number of rotatable bonds is 2. The fourth-order valence-corrected chi connectivity index (χ4v) is 2.06. The minimum atomic E-state index is 0.410. The molecule has 15 heavy (non-hydrogen) atoms. The molecule has 2 aromatic rings. The Balaban J connectivity index is 2.24. The van der Waals surface area contributed by atoms with Crippen molar-refractivity contribution >= 4 is 44.2 Å². The maximum atomic E-state index is 5.58. The van der Waals surface area contributed by atoms with Gasteiger partial charge >= 0.3 is 0 Å². The average molecular weight is 286 g/mol. The second kappa shape index (κ2) is 4.11. The van der Waals surface area contributed by atoms with Crippen molar-refractivity contribution < 1.29 is 0 Å². The van der Waals surface area contributed by atoms with E-state index in [0.29, 0.717) is 16.4 Å². The van der Waals surface area contributed by atoms with E-state index in [1.165, 1.54) is 11.3 Å². The Kier molecular flexibility index (Phi) is 2.83. The smallest absolute Gasteiger partial charge is 0.232 e. The monoisotopic (exact) mass is 285 g/mol. The summed E-state index contributed by atoms with van der Waals surface area (Å²) in [6, 6.07) is 1.64. The van der Waals surface area contributed by atoms with Crippen LogP contribution in [0, 0.1) is 6.92 Å². The lowest BCUT2D eigenvalue weighted by Gasteiger charge is -2.01. The normalized spacial score (nSPS) is 10.3. The number of hydrogen-bond acceptors (Lipinski definition) is 6. The first kappa shape index (κ1) is 10.3. The summed E-state index contributed by atoms with van der Waals surface area (Å²) in [5.74, 6) is 0.851. The number of nitrogen functional groups attached to an aromatic ring is 1. The maximum Gasteiger partial charge on any atom is 0.232 e. The van der Waals surface area contributed by atoms with E-state index >= 15 is 0 Å². The molecule has 0 spiro atoms. The number of nitrogens with two attached hydrogens (primary N) is 1. The highest BCUT2D eigenvalue weighted by atomic mass is 79.9. The molecule has 0 aliphatic carbocycles. The van der Waals surface area contributed by atoms with Crippen molar-refractivity contribution in [2.45, 2.75) is 6.92 Å². The largest absolute Gasteiger partial charge is 0.383 e. The van der Waals surface area contributed by atoms with Crippen LogP contribution in [0.1, 0.15) is 4.88 Å². The van der Waals surface area contributed by atoms with Gasteiger partial charge in [0, 0.05) is 17.1 Å². The molecular formula is C8H8BrN5S. The molecule has 0 saturated heterocycles. The third kappa shape index (κ3) is 2.63. The van der Waals surface area contributed by atoms with E-state index in [2.05, 4.69) is 36.2 Å². The summed E-state index contributed by atoms with van der Waals surface area (Å²) in [6.45, 7) is 1.99. The Morgan fingerprint density at radius 1 is 1.47 bits per heavy atom. The van der Waals surface area contributed by atoms with Crippen LogP contribution >= 0.6 is 27.3 Å². The number of thiazole rings is 1. The lowest BCUT2D eigenvalue weighted by Crippen LogP contribution is -2.00. The number of nitrogens with one attached hydrogen (secondary N) is 1. The van der Waals surface area contributed by atoms with Crippen LogP contribution in [0.2, 0.25) is 0 Å². The number of hydrogen-bond donors (Lipinski definition) is 2. The highest BCUT2D eigenvalue weighted by Crippen LogP contribution is 2.21. The van der Waals surface area contributed by atoms with Crippen molar-refractivity contribution in [2.24, 2.45) is 0 Å². The molecule has 0 aliphatic rings. The van der Waals surface area contributed by atoms with E-state index in [1.807, 2.05) is 6.92 Å². The highest BCUT2D eigenvalue weighted by molar-refractivity contribution is 9.10. The molecular weight excluding hydrogens is 278 g/mol. The van der Waals surface area contributed by atoms with E-state index < -0.39 is 0 Å². The van der Waals surface area contributed by atoms with Gasteiger partial charge in [-0.25, -0.2) is 9.97 Å². The van der Waals surface area contributed by atoms with Gasteiger partial charge in [0.1, 0.15) is 10.4 Å². The first-order valence-electron chi connectivity index (χ1n) is 4.13. The van der Waals surface area contributed by atoms with Gasteiger partial charge < -0.3 is 5.73 Å². The van der Waals surface area contributed by atoms with E-state index in [4.69, 9.17) is 5.73 Å². The van der Waals surface area contributed by atoms with Gasteiger partial charge in [-0.2, -0.15) is 4.98 Å². The molecule has 2 aromatic heterocycles. The fraction of sp³-hybridized carbons (Fsp3) is 0.125. The maximum absolute atomic E-state index is 5.58. The molecule has 2 heterocycles. The predicted molar refractivity (Wildman–Crippen MR) is 64.3 cm³/mol. The third-order valence-corrected chi connectivity index (χ3v) is 2.79. The summed E-state index contributed by atoms with van der Waals surface area (Å²) < 4.78 is 0.644. The Labute approximate surface area is 98.9 Å². The third-order valence-electron chi connectivity index (χ3n) is 1.55. The Morgan fingerprint density at radius 3 is 2.87 bits per heavy atom. The summed E-state index contributed by atoms with van der Waals surface area (Å²) in [6.07, 6.45) is 1.79. The summed E-state index contributed by atoms with van der Waals surface area (Å²) >= 11 is 4.78. The van der Waals surface area contributed by atoms with Gasteiger partial charge in [0.15, 0.2) is 5.13 Å². The van der Waals surface area contributed by atoms with Crippen LogP contribution in [0.4, 0.5) is 16.9 Å². The van der Waals surface area contributed by atoms with Gasteiger partial charge in [0.2, 0.25) is 5.95 Å². The summed E-state index contributed by atoms with van der Waals surface area (Å²) in [5, 5.41) is 3.74. The molecule has 3 N–H and O–H groups in total. The van der Waals surface area contributed by atoms with Gasteiger partial charge in [0.25, 0.3) is 0 Å². The molecule has 0 aliphatic heterocycles. The summed E-state index contributed by atoms with van der Waals surface area (Å²) in [7, 11) is 0. The van der Waals surface area contributed by atoms with Crippen LogP contribution in [0.5, 0.6) is 0 Å². The van der Waals surface area contributed by atoms with Crippen LogP contribution < -0.4 is 11.1 Å². The zero-order chi connectivity index (χ0) is 10.8. The molecule has 5 nitrogen and oxygen atoms in total. The lowest BCUT2D eigenvalue weighted by molar-refractivity contribution is 1.14. The van der Waals surface area contributed by atoms with Crippen molar-refractivity contribution in [3.05, 3.63) is 21.7 Å². The molecule has 0 amide bonds. The van der Waals surface area contributed by atoms with Crippen molar-refractivity contribution in [3.8, 4) is 0 Å². The van der Waals surface area contributed by atoms with Crippen molar-refractivity contribution in [3.63, 3.8) is 0 Å². The Hall–Kier alpha value is -1.21. The molecule has 7 heteroatoms. The second-order valence-electron chi connectivity index (χ2n) is 2.84. The first-order chi connectivity index (χ1) is 7.13. The molecule has 0 aromatic carbocycles. The molecule has 0 unspecified atom stereocenters. The number of aryl methyl sites for hydroxylation is 1. The fourth-order valence-electron chi connectivity index (χ4n) is 0.999. The Bertz CT molecular complexity index is 463. The van der Waals surface area contributed by atoms with Crippen molar-refractivity contribution in [1.82, 2.24) is 15.0 Å². The van der Waals surface area contributed by atoms with Gasteiger partial charge in [-0.1, -0.05) is 0 Å². The quantitative estimate of drug-likeness (QED) is 0.828. The van der Waals surface area contributed by atoms with Crippen LogP contribution in [0.15, 0.2) is 16.9 Å². The van der Waals surface area contributed by atoms with Gasteiger partial charge in [-0.3, -0.25) is 5.32 Å². The molecule has 0 atom stereocenters. The molecule has 0 saturated carbocycles. The van der Waals surface area contributed by atoms with Crippen LogP contribution in [0.25, 0.3) is 0 Å². The number of halogens is 1. The summed E-state index contributed by atoms with van der Waals surface area (Å²) in [4.78, 5) is 13.4. The zero-order valence-corrected chi connectivity index (χ0v) is 10.3. The van der Waals surface area contributed by atoms with E-state index in [0.717, 1.165) is 10.0 Å². The molecule has 78 valence electrons. The second-order valence-corrected chi connectivity index (χ2v) is 4.89. The van der Waals surface area contributed by atoms with Crippen molar-refractivity contribution in [1.29, 1.82) is 0 Å². The minimum absolute atomic E-state index is 0.410. The SMILES string of the molecule is Cc1cnc(Nc2nc(N)cc(Br)n2)s1. The van der Waals surface area contributed by atoms with E-state index in [9.17, 15) is 0 Å². The highest BCUT2D eigenvalue weighted by Gasteiger charge is 2.03. The van der Waals surface area contributed by atoms with Crippen LogP contribution in [0.3, 0.4) is 0 Å². The Morgan fingerprint density at radius 2 is 2.27 bits per heavy atom. The molecule has 0 fully saturated rings. The van der Waals surface area contributed by atoms with Crippen LogP contribution in [-0.4, -0.2) is 15.0 Å². The van der Waals surface area contributed by atoms with Gasteiger partial charge in [-0.05, 0) is 22.9 Å². The van der Waals surface area contributed by atoms with E-state index in [1.54, 1.807) is 12.3 Å². The van der Waals surface area contributed by atoms with Gasteiger partial charge in [-0.15, -0.1) is 11.3 Å². The molecule has 2 rings (SSSR count). The van der Waals surface area contributed by atoms with Crippen LogP contribution in [-0.2, 0) is 0 Å². The predicted octanol–water partition coefficient (Wildman–Crippen LogP) is 2.33. The standard InChI is InChI=1S/C8H8BrN5S/c1-4-3-11-8(15-4)14-7-12-5(9)2-6(10)13-7/h2-3H,1H3,(H3,10,11,12,13,14).